The van der Waals surface area contributed by atoms with E-state index in [0.717, 1.165) is 0 Å². The number of carboxylic acids is 2. The zero-order valence-corrected chi connectivity index (χ0v) is 15.2. The second kappa shape index (κ2) is 7.50. The normalized spacial score (nSPS) is 13.0. The van der Waals surface area contributed by atoms with Crippen molar-refractivity contribution in [1.82, 2.24) is 19.9 Å². The SMILES string of the molecule is C=CC[C@](Cc1cnc2nc(N)nc(N)c2n1)(C(=O)O)c1ccc(C(=O)O)cc1. The van der Waals surface area contributed by atoms with E-state index in [1.54, 1.807) is 0 Å². The zero-order chi connectivity index (χ0) is 21.2. The van der Waals surface area contributed by atoms with Crippen LogP contribution in [0.3, 0.4) is 0 Å². The number of anilines is 2. The van der Waals surface area contributed by atoms with E-state index in [1.807, 2.05) is 0 Å². The van der Waals surface area contributed by atoms with Crippen LogP contribution in [0.4, 0.5) is 11.8 Å². The number of allylic oxidation sites excluding steroid dienone is 1. The van der Waals surface area contributed by atoms with Crippen LogP contribution in [0.15, 0.2) is 43.1 Å². The molecule has 0 aliphatic heterocycles. The molecule has 10 heteroatoms. The number of fused-ring (bicyclic) bond motifs is 1. The van der Waals surface area contributed by atoms with Crippen LogP contribution in [0.25, 0.3) is 11.2 Å². The summed E-state index contributed by atoms with van der Waals surface area (Å²) in [6, 6.07) is 5.68. The molecule has 0 saturated heterocycles. The summed E-state index contributed by atoms with van der Waals surface area (Å²) in [5, 5.41) is 19.2. The molecule has 1 atom stereocenters. The summed E-state index contributed by atoms with van der Waals surface area (Å²) >= 11 is 0. The average Bonchev–Trinajstić information content (AvgIpc) is 2.68. The summed E-state index contributed by atoms with van der Waals surface area (Å²) < 4.78 is 0. The molecule has 0 fully saturated rings. The molecule has 6 N–H and O–H groups in total. The summed E-state index contributed by atoms with van der Waals surface area (Å²) in [6.07, 6.45) is 2.95. The highest BCUT2D eigenvalue weighted by Gasteiger charge is 2.40. The molecule has 2 heterocycles. The lowest BCUT2D eigenvalue weighted by atomic mass is 9.74. The minimum atomic E-state index is -1.43. The molecule has 0 radical (unpaired) electrons. The smallest absolute Gasteiger partial charge is 0.335 e. The Hall–Kier alpha value is -4.08. The number of rotatable bonds is 7. The maximum atomic E-state index is 12.3. The molecule has 0 amide bonds. The summed E-state index contributed by atoms with van der Waals surface area (Å²) in [5.74, 6) is -2.21. The monoisotopic (exact) mass is 394 g/mol. The van der Waals surface area contributed by atoms with Gasteiger partial charge in [-0.3, -0.25) is 4.79 Å². The fourth-order valence-electron chi connectivity index (χ4n) is 3.13. The summed E-state index contributed by atoms with van der Waals surface area (Å²) in [6.45, 7) is 3.67. The maximum absolute atomic E-state index is 12.3. The minimum absolute atomic E-state index is 0.0342. The molecule has 3 rings (SSSR count). The topological polar surface area (TPSA) is 178 Å². The second-order valence-corrected chi connectivity index (χ2v) is 6.44. The van der Waals surface area contributed by atoms with Crippen LogP contribution in [-0.4, -0.2) is 42.1 Å². The first-order valence-electron chi connectivity index (χ1n) is 8.49. The van der Waals surface area contributed by atoms with Crippen LogP contribution >= 0.6 is 0 Å². The maximum Gasteiger partial charge on any atom is 0.335 e. The van der Waals surface area contributed by atoms with Crippen LogP contribution < -0.4 is 11.5 Å². The molecule has 0 unspecified atom stereocenters. The van der Waals surface area contributed by atoms with Crippen molar-refractivity contribution in [2.75, 3.05) is 11.5 Å². The molecule has 10 nitrogen and oxygen atoms in total. The summed E-state index contributed by atoms with van der Waals surface area (Å²) in [4.78, 5) is 39.8. The lowest BCUT2D eigenvalue weighted by Crippen LogP contribution is -2.38. The Labute approximate surface area is 165 Å². The Morgan fingerprint density at radius 2 is 1.79 bits per heavy atom. The number of aliphatic carboxylic acids is 1. The van der Waals surface area contributed by atoms with E-state index < -0.39 is 17.4 Å². The van der Waals surface area contributed by atoms with Crippen LogP contribution in [0, 0.1) is 0 Å². The van der Waals surface area contributed by atoms with Crippen molar-refractivity contribution in [1.29, 1.82) is 0 Å². The van der Waals surface area contributed by atoms with Crippen molar-refractivity contribution in [3.05, 3.63) is 59.9 Å². The molecule has 1 aromatic carbocycles. The predicted octanol–water partition coefficient (Wildman–Crippen LogP) is 1.42. The van der Waals surface area contributed by atoms with Gasteiger partial charge >= 0.3 is 11.9 Å². The number of carboxylic acid groups (broad SMARTS) is 2. The van der Waals surface area contributed by atoms with Gasteiger partial charge in [0.2, 0.25) is 5.95 Å². The third kappa shape index (κ3) is 3.68. The van der Waals surface area contributed by atoms with Gasteiger partial charge in [-0.05, 0) is 24.1 Å². The fourth-order valence-corrected chi connectivity index (χ4v) is 3.13. The molecule has 0 bridgehead atoms. The Morgan fingerprint density at radius 1 is 1.10 bits per heavy atom. The van der Waals surface area contributed by atoms with Gasteiger partial charge in [-0.1, -0.05) is 18.2 Å². The number of benzene rings is 1. The number of hydrogen-bond donors (Lipinski definition) is 4. The molecular weight excluding hydrogens is 376 g/mol. The highest BCUT2D eigenvalue weighted by molar-refractivity contribution is 5.88. The van der Waals surface area contributed by atoms with Crippen LogP contribution in [0.5, 0.6) is 0 Å². The Kier molecular flexibility index (Phi) is 5.09. The third-order valence-corrected chi connectivity index (χ3v) is 4.57. The van der Waals surface area contributed by atoms with Gasteiger partial charge in [0.05, 0.1) is 17.5 Å². The molecular formula is C19H18N6O4. The van der Waals surface area contributed by atoms with Gasteiger partial charge in [0, 0.05) is 6.42 Å². The molecule has 29 heavy (non-hydrogen) atoms. The molecule has 0 aliphatic rings. The molecule has 0 spiro atoms. The Morgan fingerprint density at radius 3 is 2.38 bits per heavy atom. The van der Waals surface area contributed by atoms with Gasteiger partial charge in [0.1, 0.15) is 5.41 Å². The van der Waals surface area contributed by atoms with Crippen molar-refractivity contribution in [3.63, 3.8) is 0 Å². The van der Waals surface area contributed by atoms with Gasteiger partial charge in [0.25, 0.3) is 0 Å². The number of aromatic nitrogens is 4. The minimum Gasteiger partial charge on any atom is -0.481 e. The highest BCUT2D eigenvalue weighted by Crippen LogP contribution is 2.33. The fraction of sp³-hybridized carbons (Fsp3) is 0.158. The molecule has 3 aromatic rings. The first kappa shape index (κ1) is 19.7. The Balaban J connectivity index is 2.10. The van der Waals surface area contributed by atoms with Gasteiger partial charge in [-0.2, -0.15) is 9.97 Å². The first-order chi connectivity index (χ1) is 13.8. The van der Waals surface area contributed by atoms with Crippen LogP contribution in [0.1, 0.15) is 28.0 Å². The quantitative estimate of drug-likeness (QED) is 0.428. The number of nitrogens with zero attached hydrogens (tertiary/aromatic N) is 4. The largest absolute Gasteiger partial charge is 0.481 e. The van der Waals surface area contributed by atoms with E-state index in [9.17, 15) is 14.7 Å². The highest BCUT2D eigenvalue weighted by atomic mass is 16.4. The number of carbonyl (C=O) groups is 2. The van der Waals surface area contributed by atoms with Crippen LogP contribution in [-0.2, 0) is 16.6 Å². The summed E-state index contributed by atoms with van der Waals surface area (Å²) in [5.41, 5.74) is 11.2. The van der Waals surface area contributed by atoms with Gasteiger partial charge in [-0.15, -0.1) is 6.58 Å². The lowest BCUT2D eigenvalue weighted by molar-refractivity contribution is -0.143. The third-order valence-electron chi connectivity index (χ3n) is 4.57. The number of hydrogen-bond acceptors (Lipinski definition) is 8. The van der Waals surface area contributed by atoms with E-state index >= 15 is 0 Å². The molecule has 2 aromatic heterocycles. The van der Waals surface area contributed by atoms with Crippen molar-refractivity contribution in [2.24, 2.45) is 0 Å². The Bertz CT molecular complexity index is 1120. The van der Waals surface area contributed by atoms with Crippen molar-refractivity contribution in [2.45, 2.75) is 18.3 Å². The van der Waals surface area contributed by atoms with Gasteiger partial charge < -0.3 is 21.7 Å². The van der Waals surface area contributed by atoms with E-state index in [0.29, 0.717) is 11.3 Å². The first-order valence-corrected chi connectivity index (χ1v) is 8.49. The molecule has 0 aliphatic carbocycles. The van der Waals surface area contributed by atoms with E-state index in [-0.39, 0.29) is 41.3 Å². The summed E-state index contributed by atoms with van der Waals surface area (Å²) in [7, 11) is 0. The average molecular weight is 394 g/mol. The molecule has 0 saturated carbocycles. The van der Waals surface area contributed by atoms with E-state index in [1.165, 1.54) is 36.5 Å². The van der Waals surface area contributed by atoms with Gasteiger partial charge in [0.15, 0.2) is 17.0 Å². The van der Waals surface area contributed by atoms with Gasteiger partial charge in [-0.25, -0.2) is 14.8 Å². The lowest BCUT2D eigenvalue weighted by Gasteiger charge is -2.29. The standard InChI is InChI=1S/C19H18N6O4/c1-2-7-19(17(28)29,11-5-3-10(4-6-11)16(26)27)8-12-9-22-15-13(23-12)14(20)24-18(21)25-15/h2-6,9H,1,7-8H2,(H,26,27)(H,28,29)(H4,20,21,22,24,25)/t19-/m1/s1. The number of aromatic carboxylic acids is 1. The number of nitrogens with two attached hydrogens (primary N) is 2. The van der Waals surface area contributed by atoms with Crippen molar-refractivity contribution >= 4 is 34.9 Å². The van der Waals surface area contributed by atoms with Crippen molar-refractivity contribution < 1.29 is 19.8 Å². The van der Waals surface area contributed by atoms with Crippen LogP contribution in [0.2, 0.25) is 0 Å². The number of nitrogen functional groups attached to an aromatic ring is 2. The van der Waals surface area contributed by atoms with Crippen molar-refractivity contribution in [3.8, 4) is 0 Å². The zero-order valence-electron chi connectivity index (χ0n) is 15.2. The predicted molar refractivity (Wildman–Crippen MR) is 105 cm³/mol. The second-order valence-electron chi connectivity index (χ2n) is 6.44. The van der Waals surface area contributed by atoms with E-state index in [2.05, 4.69) is 26.5 Å². The van der Waals surface area contributed by atoms with E-state index in [4.69, 9.17) is 16.6 Å². The molecule has 148 valence electrons.